The molecule has 1 fully saturated rings. The van der Waals surface area contributed by atoms with Crippen molar-refractivity contribution in [2.75, 3.05) is 13.2 Å². The lowest BCUT2D eigenvalue weighted by Crippen LogP contribution is -2.41. The van der Waals surface area contributed by atoms with Crippen molar-refractivity contribution in [3.8, 4) is 0 Å². The molecule has 0 radical (unpaired) electrons. The molecule has 0 bridgehead atoms. The van der Waals surface area contributed by atoms with E-state index in [1.807, 2.05) is 6.92 Å². The second-order valence-electron chi connectivity index (χ2n) is 3.78. The maximum absolute atomic E-state index is 11.4. The van der Waals surface area contributed by atoms with Gasteiger partial charge in [-0.3, -0.25) is 14.4 Å². The molecule has 1 rings (SSSR count). The first-order valence-electron chi connectivity index (χ1n) is 5.04. The highest BCUT2D eigenvalue weighted by Crippen LogP contribution is 2.03. The number of carbonyl (C=O) groups excluding carboxylic acids is 2. The number of hydroxylamine groups is 1. The Labute approximate surface area is 88.5 Å². The number of hydrogen-bond donors (Lipinski definition) is 3. The van der Waals surface area contributed by atoms with Crippen LogP contribution in [0, 0.1) is 5.92 Å². The van der Waals surface area contributed by atoms with Crippen LogP contribution in [0.15, 0.2) is 0 Å². The van der Waals surface area contributed by atoms with E-state index in [9.17, 15) is 9.59 Å². The van der Waals surface area contributed by atoms with Crippen LogP contribution in [0.25, 0.3) is 0 Å². The number of amides is 2. The van der Waals surface area contributed by atoms with E-state index in [1.165, 1.54) is 0 Å². The SMILES string of the molecule is CC(CN)CCC(=O)N[C@@H]1CONC1=O. The molecule has 4 N–H and O–H groups in total. The predicted molar refractivity (Wildman–Crippen MR) is 53.5 cm³/mol. The van der Waals surface area contributed by atoms with Crippen molar-refractivity contribution >= 4 is 11.8 Å². The first-order chi connectivity index (χ1) is 7.13. The monoisotopic (exact) mass is 215 g/mol. The van der Waals surface area contributed by atoms with Crippen molar-refractivity contribution in [2.24, 2.45) is 11.7 Å². The third-order valence-corrected chi connectivity index (χ3v) is 2.34. The fourth-order valence-corrected chi connectivity index (χ4v) is 1.21. The van der Waals surface area contributed by atoms with Gasteiger partial charge in [-0.2, -0.15) is 0 Å². The Kier molecular flexibility index (Phi) is 4.51. The normalized spacial score (nSPS) is 22.3. The lowest BCUT2D eigenvalue weighted by atomic mass is 10.1. The molecular weight excluding hydrogens is 198 g/mol. The van der Waals surface area contributed by atoms with Crippen molar-refractivity contribution < 1.29 is 14.4 Å². The summed E-state index contributed by atoms with van der Waals surface area (Å²) in [4.78, 5) is 27.1. The van der Waals surface area contributed by atoms with Gasteiger partial charge in [0.1, 0.15) is 12.6 Å². The Hall–Kier alpha value is -1.14. The van der Waals surface area contributed by atoms with Gasteiger partial charge in [0.05, 0.1) is 0 Å². The molecule has 1 aliphatic rings. The molecule has 0 aromatic heterocycles. The van der Waals surface area contributed by atoms with Gasteiger partial charge in [-0.25, -0.2) is 5.48 Å². The van der Waals surface area contributed by atoms with E-state index in [1.54, 1.807) is 0 Å². The zero-order valence-electron chi connectivity index (χ0n) is 8.79. The number of carbonyl (C=O) groups is 2. The summed E-state index contributed by atoms with van der Waals surface area (Å²) in [6.07, 6.45) is 1.12. The smallest absolute Gasteiger partial charge is 0.268 e. The third kappa shape index (κ3) is 3.85. The molecule has 0 aromatic rings. The number of rotatable bonds is 5. The summed E-state index contributed by atoms with van der Waals surface area (Å²) >= 11 is 0. The Bertz CT molecular complexity index is 245. The van der Waals surface area contributed by atoms with Gasteiger partial charge in [0.25, 0.3) is 5.91 Å². The van der Waals surface area contributed by atoms with Gasteiger partial charge in [0.15, 0.2) is 0 Å². The molecule has 6 nitrogen and oxygen atoms in total. The minimum absolute atomic E-state index is 0.138. The second-order valence-corrected chi connectivity index (χ2v) is 3.78. The van der Waals surface area contributed by atoms with Gasteiger partial charge >= 0.3 is 0 Å². The highest BCUT2D eigenvalue weighted by molar-refractivity contribution is 5.88. The summed E-state index contributed by atoms with van der Waals surface area (Å²) in [6, 6.07) is -0.550. The van der Waals surface area contributed by atoms with E-state index < -0.39 is 6.04 Å². The minimum Gasteiger partial charge on any atom is -0.342 e. The van der Waals surface area contributed by atoms with Crippen molar-refractivity contribution in [2.45, 2.75) is 25.8 Å². The summed E-state index contributed by atoms with van der Waals surface area (Å²) in [7, 11) is 0. The van der Waals surface area contributed by atoms with Crippen LogP contribution in [0.2, 0.25) is 0 Å². The highest BCUT2D eigenvalue weighted by atomic mass is 16.7. The summed E-state index contributed by atoms with van der Waals surface area (Å²) in [5.74, 6) is -0.111. The van der Waals surface area contributed by atoms with E-state index in [2.05, 4.69) is 15.6 Å². The summed E-state index contributed by atoms with van der Waals surface area (Å²) < 4.78 is 0. The Morgan fingerprint density at radius 2 is 2.53 bits per heavy atom. The largest absolute Gasteiger partial charge is 0.342 e. The van der Waals surface area contributed by atoms with Gasteiger partial charge in [-0.05, 0) is 18.9 Å². The Morgan fingerprint density at radius 1 is 1.80 bits per heavy atom. The summed E-state index contributed by atoms with van der Waals surface area (Å²) in [5, 5.41) is 2.59. The Morgan fingerprint density at radius 3 is 3.07 bits per heavy atom. The van der Waals surface area contributed by atoms with E-state index in [0.717, 1.165) is 6.42 Å². The highest BCUT2D eigenvalue weighted by Gasteiger charge is 2.26. The average molecular weight is 215 g/mol. The van der Waals surface area contributed by atoms with Crippen LogP contribution in [0.3, 0.4) is 0 Å². The lowest BCUT2D eigenvalue weighted by Gasteiger charge is -2.10. The van der Waals surface area contributed by atoms with Crippen molar-refractivity contribution in [1.82, 2.24) is 10.8 Å². The zero-order valence-corrected chi connectivity index (χ0v) is 8.79. The molecule has 0 aromatic carbocycles. The first kappa shape index (κ1) is 11.9. The number of hydrogen-bond acceptors (Lipinski definition) is 4. The van der Waals surface area contributed by atoms with Crippen molar-refractivity contribution in [3.05, 3.63) is 0 Å². The fraction of sp³-hybridized carbons (Fsp3) is 0.778. The van der Waals surface area contributed by atoms with E-state index in [4.69, 9.17) is 5.73 Å². The molecule has 6 heteroatoms. The van der Waals surface area contributed by atoms with Gasteiger partial charge < -0.3 is 11.1 Å². The molecule has 15 heavy (non-hydrogen) atoms. The van der Waals surface area contributed by atoms with Crippen LogP contribution in [0.5, 0.6) is 0 Å². The van der Waals surface area contributed by atoms with E-state index in [-0.39, 0.29) is 18.4 Å². The van der Waals surface area contributed by atoms with Crippen LogP contribution in [-0.4, -0.2) is 31.0 Å². The summed E-state index contributed by atoms with van der Waals surface area (Å²) in [6.45, 7) is 2.75. The molecule has 0 saturated carbocycles. The van der Waals surface area contributed by atoms with Crippen LogP contribution >= 0.6 is 0 Å². The second kappa shape index (κ2) is 5.67. The average Bonchev–Trinajstić information content (AvgIpc) is 2.61. The van der Waals surface area contributed by atoms with Gasteiger partial charge in [0.2, 0.25) is 5.91 Å². The molecular formula is C9H17N3O3. The minimum atomic E-state index is -0.550. The number of nitrogens with one attached hydrogen (secondary N) is 2. The number of nitrogens with two attached hydrogens (primary N) is 1. The molecule has 86 valence electrons. The maximum Gasteiger partial charge on any atom is 0.268 e. The predicted octanol–water partition coefficient (Wildman–Crippen LogP) is -1.09. The fourth-order valence-electron chi connectivity index (χ4n) is 1.21. The molecule has 1 saturated heterocycles. The molecule has 1 heterocycles. The quantitative estimate of drug-likeness (QED) is 0.543. The van der Waals surface area contributed by atoms with Crippen LogP contribution in [-0.2, 0) is 14.4 Å². The van der Waals surface area contributed by atoms with Crippen molar-refractivity contribution in [1.29, 1.82) is 0 Å². The first-order valence-corrected chi connectivity index (χ1v) is 5.04. The molecule has 1 aliphatic heterocycles. The Balaban J connectivity index is 2.21. The molecule has 2 atom stereocenters. The van der Waals surface area contributed by atoms with Crippen molar-refractivity contribution in [3.63, 3.8) is 0 Å². The lowest BCUT2D eigenvalue weighted by molar-refractivity contribution is -0.128. The van der Waals surface area contributed by atoms with Crippen LogP contribution in [0.4, 0.5) is 0 Å². The van der Waals surface area contributed by atoms with E-state index >= 15 is 0 Å². The summed E-state index contributed by atoms with van der Waals surface area (Å²) in [5.41, 5.74) is 7.61. The third-order valence-electron chi connectivity index (χ3n) is 2.34. The molecule has 2 amide bonds. The van der Waals surface area contributed by atoms with Gasteiger partial charge in [-0.15, -0.1) is 0 Å². The van der Waals surface area contributed by atoms with Crippen LogP contribution in [0.1, 0.15) is 19.8 Å². The topological polar surface area (TPSA) is 93.5 Å². The standard InChI is InChI=1S/C9H17N3O3/c1-6(4-10)2-3-8(13)11-7-5-15-12-9(7)14/h6-7H,2-5,10H2,1H3,(H,11,13)(H,12,14)/t6?,7-/m1/s1. The van der Waals surface area contributed by atoms with E-state index in [0.29, 0.717) is 18.9 Å². The van der Waals surface area contributed by atoms with Gasteiger partial charge in [-0.1, -0.05) is 6.92 Å². The molecule has 1 unspecified atom stereocenters. The van der Waals surface area contributed by atoms with Gasteiger partial charge in [0, 0.05) is 6.42 Å². The molecule has 0 aliphatic carbocycles. The van der Waals surface area contributed by atoms with Crippen LogP contribution < -0.4 is 16.5 Å². The zero-order chi connectivity index (χ0) is 11.3. The molecule has 0 spiro atoms. The maximum atomic E-state index is 11.4.